The van der Waals surface area contributed by atoms with Crippen LogP contribution in [0, 0.1) is 5.82 Å². The summed E-state index contributed by atoms with van der Waals surface area (Å²) in [5, 5.41) is 6.85. The van der Waals surface area contributed by atoms with Crippen LogP contribution in [0.2, 0.25) is 0 Å². The average molecular weight is 421 g/mol. The molecule has 0 aliphatic carbocycles. The predicted octanol–water partition coefficient (Wildman–Crippen LogP) is 4.42. The van der Waals surface area contributed by atoms with Crippen LogP contribution in [0.5, 0.6) is 5.88 Å². The number of ether oxygens (including phenoxy) is 1. The monoisotopic (exact) mass is 421 g/mol. The lowest BCUT2D eigenvalue weighted by Crippen LogP contribution is -2.28. The van der Waals surface area contributed by atoms with E-state index in [9.17, 15) is 35.5 Å². The molecule has 0 bridgehead atoms. The second-order valence-corrected chi connectivity index (χ2v) is 5.35. The molecule has 0 fully saturated rings. The number of hydrogen-bond donors (Lipinski definition) is 0. The van der Waals surface area contributed by atoms with E-state index < -0.39 is 52.9 Å². The Morgan fingerprint density at radius 1 is 0.966 bits per heavy atom. The van der Waals surface area contributed by atoms with E-state index in [1.54, 1.807) is 0 Å². The van der Waals surface area contributed by atoms with E-state index >= 15 is 0 Å². The molecule has 0 aliphatic heterocycles. The van der Waals surface area contributed by atoms with Crippen LogP contribution in [0.3, 0.4) is 0 Å². The number of alkyl halides is 6. The maximum absolute atomic E-state index is 13.9. The Morgan fingerprint density at radius 3 is 2.24 bits per heavy atom. The smallest absolute Gasteiger partial charge is 0.416 e. The van der Waals surface area contributed by atoms with Crippen molar-refractivity contribution in [3.63, 3.8) is 0 Å². The number of nitrogens with zero attached hydrogens (tertiary/aromatic N) is 3. The van der Waals surface area contributed by atoms with Gasteiger partial charge in [-0.25, -0.2) is 14.2 Å². The summed E-state index contributed by atoms with van der Waals surface area (Å²) in [4.78, 5) is 14.5. The maximum atomic E-state index is 13.9. The summed E-state index contributed by atoms with van der Waals surface area (Å²) in [7, 11) is 0. The van der Waals surface area contributed by atoms with E-state index in [1.807, 2.05) is 0 Å². The van der Waals surface area contributed by atoms with Crippen LogP contribution in [0.1, 0.15) is 5.56 Å². The molecule has 1 aromatic carbocycles. The van der Waals surface area contributed by atoms with E-state index in [2.05, 4.69) is 19.9 Å². The lowest BCUT2D eigenvalue weighted by atomic mass is 10.1. The average Bonchev–Trinajstić information content (AvgIpc) is 3.10. The van der Waals surface area contributed by atoms with Crippen LogP contribution >= 0.6 is 0 Å². The molecule has 0 unspecified atom stereocenters. The molecule has 0 N–H and O–H groups in total. The number of halogens is 7. The first-order chi connectivity index (χ1) is 13.5. The lowest BCUT2D eigenvalue weighted by molar-refractivity contribution is -0.189. The summed E-state index contributed by atoms with van der Waals surface area (Å²) < 4.78 is 98.8. The molecule has 2 heterocycles. The number of aromatic nitrogens is 3. The summed E-state index contributed by atoms with van der Waals surface area (Å²) in [6, 6.07) is 3.82. The number of carbonyl (C=O) groups excluding carboxylic acids is 1. The maximum Gasteiger partial charge on any atom is 0.491 e. The molecule has 0 spiro atoms. The highest BCUT2D eigenvalue weighted by Gasteiger charge is 2.42. The van der Waals surface area contributed by atoms with Gasteiger partial charge in [-0.1, -0.05) is 0 Å². The number of carbonyl (C=O) groups is 1. The third-order valence-corrected chi connectivity index (χ3v) is 3.37. The third kappa shape index (κ3) is 4.33. The molecule has 3 aromatic rings. The summed E-state index contributed by atoms with van der Waals surface area (Å²) in [6.45, 7) is 0. The van der Waals surface area contributed by atoms with Gasteiger partial charge in [0.25, 0.3) is 11.8 Å². The topological polar surface area (TPSA) is 78.1 Å². The highest BCUT2D eigenvalue weighted by Crippen LogP contribution is 2.35. The molecule has 29 heavy (non-hydrogen) atoms. The standard InChI is InChI=1S/C16H6F7N3O3/c17-10-4-3-7(15(18,19)20)6-9(10)13-26-25-12(28-13)8-2-1-5-24-11(8)29-14(27)16(21,22)23/h1-6H. The van der Waals surface area contributed by atoms with E-state index in [4.69, 9.17) is 4.42 Å². The summed E-state index contributed by atoms with van der Waals surface area (Å²) in [5.41, 5.74) is -2.23. The highest BCUT2D eigenvalue weighted by atomic mass is 19.4. The van der Waals surface area contributed by atoms with Crippen molar-refractivity contribution in [3.8, 4) is 28.8 Å². The highest BCUT2D eigenvalue weighted by molar-refractivity contribution is 5.79. The summed E-state index contributed by atoms with van der Waals surface area (Å²) >= 11 is 0. The van der Waals surface area contributed by atoms with Crippen molar-refractivity contribution in [1.82, 2.24) is 15.2 Å². The molecule has 0 amide bonds. The van der Waals surface area contributed by atoms with Crippen LogP contribution < -0.4 is 4.74 Å². The van der Waals surface area contributed by atoms with Gasteiger partial charge in [0.2, 0.25) is 5.88 Å². The van der Waals surface area contributed by atoms with Crippen molar-refractivity contribution in [3.05, 3.63) is 47.9 Å². The number of pyridine rings is 1. The number of rotatable bonds is 3. The van der Waals surface area contributed by atoms with Gasteiger partial charge < -0.3 is 9.15 Å². The van der Waals surface area contributed by atoms with Crippen LogP contribution in [0.4, 0.5) is 30.7 Å². The molecule has 2 aromatic heterocycles. The van der Waals surface area contributed by atoms with Crippen molar-refractivity contribution < 1.29 is 44.7 Å². The van der Waals surface area contributed by atoms with Crippen LogP contribution in [0.25, 0.3) is 22.9 Å². The summed E-state index contributed by atoms with van der Waals surface area (Å²) in [6.07, 6.45) is -9.07. The zero-order valence-electron chi connectivity index (χ0n) is 13.7. The number of esters is 1. The first-order valence-corrected chi connectivity index (χ1v) is 7.42. The normalized spacial score (nSPS) is 12.1. The molecule has 152 valence electrons. The Kier molecular flexibility index (Phi) is 4.98. The van der Waals surface area contributed by atoms with Crippen molar-refractivity contribution in [2.45, 2.75) is 12.4 Å². The number of benzene rings is 1. The zero-order chi connectivity index (χ0) is 21.4. The Hall–Kier alpha value is -3.51. The Labute approximate surface area is 155 Å². The Bertz CT molecular complexity index is 1060. The zero-order valence-corrected chi connectivity index (χ0v) is 13.7. The molecular weight excluding hydrogens is 415 g/mol. The minimum Gasteiger partial charge on any atom is -0.416 e. The van der Waals surface area contributed by atoms with Crippen molar-refractivity contribution >= 4 is 5.97 Å². The van der Waals surface area contributed by atoms with Gasteiger partial charge in [0.05, 0.1) is 11.1 Å². The van der Waals surface area contributed by atoms with E-state index in [0.29, 0.717) is 18.2 Å². The fourth-order valence-electron chi connectivity index (χ4n) is 2.09. The lowest BCUT2D eigenvalue weighted by Gasteiger charge is -2.08. The fraction of sp³-hybridized carbons (Fsp3) is 0.125. The van der Waals surface area contributed by atoms with E-state index in [0.717, 1.165) is 12.3 Å². The predicted molar refractivity (Wildman–Crippen MR) is 79.6 cm³/mol. The van der Waals surface area contributed by atoms with Gasteiger partial charge in [-0.3, -0.25) is 0 Å². The molecule has 0 aliphatic rings. The van der Waals surface area contributed by atoms with E-state index in [-0.39, 0.29) is 5.56 Å². The third-order valence-electron chi connectivity index (χ3n) is 3.37. The minimum atomic E-state index is -5.31. The first kappa shape index (κ1) is 20.2. The molecule has 13 heteroatoms. The number of hydrogen-bond acceptors (Lipinski definition) is 6. The van der Waals surface area contributed by atoms with Crippen molar-refractivity contribution in [2.24, 2.45) is 0 Å². The van der Waals surface area contributed by atoms with Crippen molar-refractivity contribution in [1.29, 1.82) is 0 Å². The summed E-state index contributed by atoms with van der Waals surface area (Å²) in [5.74, 6) is -5.76. The largest absolute Gasteiger partial charge is 0.491 e. The minimum absolute atomic E-state index is 0.365. The Balaban J connectivity index is 1.99. The molecule has 0 atom stereocenters. The molecule has 3 rings (SSSR count). The van der Waals surface area contributed by atoms with Crippen LogP contribution in [-0.2, 0) is 11.0 Å². The van der Waals surface area contributed by atoms with Crippen LogP contribution in [-0.4, -0.2) is 27.3 Å². The van der Waals surface area contributed by atoms with Gasteiger partial charge in [0.15, 0.2) is 0 Å². The van der Waals surface area contributed by atoms with Gasteiger partial charge in [0.1, 0.15) is 11.4 Å². The van der Waals surface area contributed by atoms with Gasteiger partial charge in [0, 0.05) is 6.20 Å². The van der Waals surface area contributed by atoms with Crippen LogP contribution in [0.15, 0.2) is 40.9 Å². The van der Waals surface area contributed by atoms with Gasteiger partial charge in [-0.2, -0.15) is 26.3 Å². The van der Waals surface area contributed by atoms with Gasteiger partial charge in [-0.05, 0) is 30.3 Å². The van der Waals surface area contributed by atoms with Gasteiger partial charge >= 0.3 is 18.3 Å². The Morgan fingerprint density at radius 2 is 1.62 bits per heavy atom. The van der Waals surface area contributed by atoms with Crippen molar-refractivity contribution in [2.75, 3.05) is 0 Å². The molecular formula is C16H6F7N3O3. The molecule has 6 nitrogen and oxygen atoms in total. The second kappa shape index (κ2) is 7.14. The SMILES string of the molecule is O=C(Oc1ncccc1-c1nnc(-c2cc(C(F)(F)F)ccc2F)o1)C(F)(F)F. The quantitative estimate of drug-likeness (QED) is 0.460. The molecule has 0 radical (unpaired) electrons. The molecule has 0 saturated heterocycles. The van der Waals surface area contributed by atoms with E-state index in [1.165, 1.54) is 6.07 Å². The second-order valence-electron chi connectivity index (χ2n) is 5.35. The van der Waals surface area contributed by atoms with Gasteiger partial charge in [-0.15, -0.1) is 10.2 Å². The first-order valence-electron chi connectivity index (χ1n) is 7.42. The fourth-order valence-corrected chi connectivity index (χ4v) is 2.09. The molecule has 0 saturated carbocycles.